The normalized spacial score (nSPS) is 33.4. The number of fused-ring (bicyclic) bond motifs is 1. The second-order valence-electron chi connectivity index (χ2n) is 5.56. The lowest BCUT2D eigenvalue weighted by atomic mass is 10.2. The maximum absolute atomic E-state index is 11.4. The summed E-state index contributed by atoms with van der Waals surface area (Å²) in [5.74, 6) is 1.66. The fourth-order valence-corrected chi connectivity index (χ4v) is 2.18. The molecule has 1 saturated heterocycles. The van der Waals surface area contributed by atoms with Crippen molar-refractivity contribution in [2.24, 2.45) is 11.8 Å². The average molecular weight is 212 g/mol. The molecule has 1 aliphatic carbocycles. The fraction of sp³-hybridized carbons (Fsp3) is 0.909. The van der Waals surface area contributed by atoms with Crippen molar-refractivity contribution < 1.29 is 9.53 Å². The van der Waals surface area contributed by atoms with Gasteiger partial charge in [0.1, 0.15) is 5.60 Å². The van der Waals surface area contributed by atoms with Gasteiger partial charge in [0.15, 0.2) is 0 Å². The van der Waals surface area contributed by atoms with Crippen molar-refractivity contribution in [3.8, 4) is 0 Å². The van der Waals surface area contributed by atoms with Crippen LogP contribution in [0.15, 0.2) is 0 Å². The summed E-state index contributed by atoms with van der Waals surface area (Å²) >= 11 is 0. The second kappa shape index (κ2) is 3.67. The van der Waals surface area contributed by atoms with Crippen LogP contribution < -0.4 is 10.6 Å². The van der Waals surface area contributed by atoms with Crippen LogP contribution >= 0.6 is 0 Å². The molecular weight excluding hydrogens is 192 g/mol. The number of piperidine rings is 1. The van der Waals surface area contributed by atoms with E-state index in [1.54, 1.807) is 0 Å². The Bertz CT molecular complexity index is 260. The zero-order chi connectivity index (χ0) is 11.1. The standard InChI is InChI=1S/C11H20N2O2/c1-11(2,3)15-10(14)13-6-9-8-4-7(8)5-12-9/h7-9,12H,4-6H2,1-3H3,(H,13,14)/t7-,8-,9+/m0/s1. The Morgan fingerprint density at radius 3 is 2.73 bits per heavy atom. The lowest BCUT2D eigenvalue weighted by Crippen LogP contribution is -2.41. The molecule has 2 N–H and O–H groups in total. The number of carbonyl (C=O) groups excluding carboxylic acids is 1. The molecule has 1 saturated carbocycles. The van der Waals surface area contributed by atoms with E-state index in [0.29, 0.717) is 12.6 Å². The third-order valence-corrected chi connectivity index (χ3v) is 3.00. The zero-order valence-electron chi connectivity index (χ0n) is 9.67. The number of alkyl carbamates (subject to hydrolysis) is 1. The summed E-state index contributed by atoms with van der Waals surface area (Å²) in [6.07, 6.45) is 1.02. The smallest absolute Gasteiger partial charge is 0.407 e. The van der Waals surface area contributed by atoms with Gasteiger partial charge in [-0.15, -0.1) is 0 Å². The fourth-order valence-electron chi connectivity index (χ4n) is 2.18. The number of rotatable bonds is 2. The van der Waals surface area contributed by atoms with Crippen molar-refractivity contribution in [3.05, 3.63) is 0 Å². The van der Waals surface area contributed by atoms with E-state index in [2.05, 4.69) is 10.6 Å². The largest absolute Gasteiger partial charge is 0.444 e. The Balaban J connectivity index is 1.67. The van der Waals surface area contributed by atoms with E-state index in [-0.39, 0.29) is 6.09 Å². The van der Waals surface area contributed by atoms with Gasteiger partial charge in [-0.2, -0.15) is 0 Å². The van der Waals surface area contributed by atoms with Crippen molar-refractivity contribution in [2.45, 2.75) is 38.8 Å². The van der Waals surface area contributed by atoms with Gasteiger partial charge in [0.2, 0.25) is 0 Å². The Kier molecular flexibility index (Phi) is 2.63. The minimum absolute atomic E-state index is 0.312. The lowest BCUT2D eigenvalue weighted by Gasteiger charge is -2.21. The van der Waals surface area contributed by atoms with E-state index in [0.717, 1.165) is 18.4 Å². The highest BCUT2D eigenvalue weighted by molar-refractivity contribution is 5.67. The number of ether oxygens (including phenoxy) is 1. The van der Waals surface area contributed by atoms with Crippen molar-refractivity contribution in [3.63, 3.8) is 0 Å². The van der Waals surface area contributed by atoms with Gasteiger partial charge in [-0.3, -0.25) is 0 Å². The summed E-state index contributed by atoms with van der Waals surface area (Å²) in [5, 5.41) is 6.22. The molecule has 0 aromatic carbocycles. The highest BCUT2D eigenvalue weighted by Crippen LogP contribution is 2.44. The first-order chi connectivity index (χ1) is 6.96. The van der Waals surface area contributed by atoms with Gasteiger partial charge in [0.05, 0.1) is 0 Å². The highest BCUT2D eigenvalue weighted by atomic mass is 16.6. The predicted molar refractivity (Wildman–Crippen MR) is 57.6 cm³/mol. The molecule has 1 amide bonds. The number of hydrogen-bond donors (Lipinski definition) is 2. The molecule has 2 rings (SSSR count). The number of hydrogen-bond acceptors (Lipinski definition) is 3. The molecule has 1 aliphatic heterocycles. The predicted octanol–water partition coefficient (Wildman–Crippen LogP) is 1.12. The number of nitrogens with one attached hydrogen (secondary N) is 2. The van der Waals surface area contributed by atoms with E-state index in [1.165, 1.54) is 6.42 Å². The van der Waals surface area contributed by atoms with E-state index in [1.807, 2.05) is 20.8 Å². The third kappa shape index (κ3) is 2.84. The molecule has 0 aromatic rings. The molecule has 1 heterocycles. The van der Waals surface area contributed by atoms with Crippen molar-refractivity contribution in [1.29, 1.82) is 0 Å². The molecule has 0 bridgehead atoms. The Labute approximate surface area is 90.8 Å². The van der Waals surface area contributed by atoms with Crippen LogP contribution in [0.3, 0.4) is 0 Å². The zero-order valence-corrected chi connectivity index (χ0v) is 9.67. The maximum atomic E-state index is 11.4. The van der Waals surface area contributed by atoms with Gasteiger partial charge >= 0.3 is 6.09 Å². The first kappa shape index (κ1) is 10.7. The number of amides is 1. The molecule has 2 fully saturated rings. The van der Waals surface area contributed by atoms with Gasteiger partial charge in [-0.25, -0.2) is 4.79 Å². The van der Waals surface area contributed by atoms with Crippen LogP contribution in [-0.4, -0.2) is 30.8 Å². The molecule has 2 aliphatic rings. The quantitative estimate of drug-likeness (QED) is 0.721. The van der Waals surface area contributed by atoms with Crippen LogP contribution in [0.1, 0.15) is 27.2 Å². The lowest BCUT2D eigenvalue weighted by molar-refractivity contribution is 0.0522. The van der Waals surface area contributed by atoms with Crippen molar-refractivity contribution in [1.82, 2.24) is 10.6 Å². The average Bonchev–Trinajstić information content (AvgIpc) is 2.74. The molecule has 0 spiro atoms. The summed E-state index contributed by atoms with van der Waals surface area (Å²) in [4.78, 5) is 11.4. The Morgan fingerprint density at radius 2 is 2.27 bits per heavy atom. The Hall–Kier alpha value is -0.770. The minimum atomic E-state index is -0.407. The first-order valence-electron chi connectivity index (χ1n) is 5.66. The van der Waals surface area contributed by atoms with E-state index < -0.39 is 5.60 Å². The summed E-state index contributed by atoms with van der Waals surface area (Å²) in [6.45, 7) is 7.42. The topological polar surface area (TPSA) is 50.4 Å². The van der Waals surface area contributed by atoms with Gasteiger partial charge in [-0.05, 0) is 45.6 Å². The highest BCUT2D eigenvalue weighted by Gasteiger charge is 2.47. The van der Waals surface area contributed by atoms with Crippen LogP contribution in [0.5, 0.6) is 0 Å². The first-order valence-corrected chi connectivity index (χ1v) is 5.66. The molecule has 0 unspecified atom stereocenters. The van der Waals surface area contributed by atoms with Crippen LogP contribution in [0.2, 0.25) is 0 Å². The molecule has 4 heteroatoms. The molecule has 86 valence electrons. The van der Waals surface area contributed by atoms with Crippen LogP contribution in [-0.2, 0) is 4.74 Å². The molecule has 0 radical (unpaired) electrons. The molecule has 4 nitrogen and oxygen atoms in total. The summed E-state index contributed by atoms with van der Waals surface area (Å²) in [5.41, 5.74) is -0.407. The van der Waals surface area contributed by atoms with Gasteiger partial charge in [-0.1, -0.05) is 0 Å². The second-order valence-corrected chi connectivity index (χ2v) is 5.56. The van der Waals surface area contributed by atoms with E-state index >= 15 is 0 Å². The van der Waals surface area contributed by atoms with Crippen LogP contribution in [0.4, 0.5) is 4.79 Å². The molecule has 15 heavy (non-hydrogen) atoms. The monoisotopic (exact) mass is 212 g/mol. The number of carbonyl (C=O) groups is 1. The minimum Gasteiger partial charge on any atom is -0.444 e. The summed E-state index contributed by atoms with van der Waals surface area (Å²) in [6, 6.07) is 0.461. The van der Waals surface area contributed by atoms with E-state index in [9.17, 15) is 4.79 Å². The summed E-state index contributed by atoms with van der Waals surface area (Å²) < 4.78 is 5.17. The van der Waals surface area contributed by atoms with Crippen LogP contribution in [0.25, 0.3) is 0 Å². The van der Waals surface area contributed by atoms with Gasteiger partial charge < -0.3 is 15.4 Å². The summed E-state index contributed by atoms with van der Waals surface area (Å²) in [7, 11) is 0. The SMILES string of the molecule is CC(C)(C)OC(=O)NC[C@H]1NC[C@@H]2C[C@@H]21. The van der Waals surface area contributed by atoms with Gasteiger partial charge in [0.25, 0.3) is 0 Å². The van der Waals surface area contributed by atoms with E-state index in [4.69, 9.17) is 4.74 Å². The molecule has 3 atom stereocenters. The Morgan fingerprint density at radius 1 is 1.53 bits per heavy atom. The third-order valence-electron chi connectivity index (χ3n) is 3.00. The van der Waals surface area contributed by atoms with Crippen molar-refractivity contribution >= 4 is 6.09 Å². The van der Waals surface area contributed by atoms with Crippen LogP contribution in [0, 0.1) is 11.8 Å². The molecular formula is C11H20N2O2. The van der Waals surface area contributed by atoms with Crippen molar-refractivity contribution in [2.75, 3.05) is 13.1 Å². The van der Waals surface area contributed by atoms with Gasteiger partial charge in [0, 0.05) is 12.6 Å². The molecule has 0 aromatic heterocycles. The maximum Gasteiger partial charge on any atom is 0.407 e.